The molecule has 6 heteroatoms. The predicted octanol–water partition coefficient (Wildman–Crippen LogP) is 2.51. The van der Waals surface area contributed by atoms with Crippen molar-refractivity contribution in [2.45, 2.75) is 65.0 Å². The number of carbonyl (C=O) groups is 2. The molecular formula is C16H23N3O3. The van der Waals surface area contributed by atoms with Crippen LogP contribution in [0, 0.1) is 0 Å². The van der Waals surface area contributed by atoms with Crippen molar-refractivity contribution < 1.29 is 14.1 Å². The minimum absolute atomic E-state index is 0.0530. The van der Waals surface area contributed by atoms with Gasteiger partial charge in [-0.1, -0.05) is 25.9 Å². The lowest BCUT2D eigenvalue weighted by Crippen LogP contribution is -2.44. The van der Waals surface area contributed by atoms with E-state index in [2.05, 4.69) is 5.16 Å². The molecule has 0 radical (unpaired) electrons. The molecule has 0 N–H and O–H groups in total. The van der Waals surface area contributed by atoms with Gasteiger partial charge in [0.2, 0.25) is 0 Å². The van der Waals surface area contributed by atoms with Crippen LogP contribution in [0.15, 0.2) is 4.52 Å². The highest BCUT2D eigenvalue weighted by molar-refractivity contribution is 6.07. The van der Waals surface area contributed by atoms with Crippen molar-refractivity contribution in [3.05, 3.63) is 17.0 Å². The first-order chi connectivity index (χ1) is 10.6. The first-order valence-electron chi connectivity index (χ1n) is 8.18. The second-order valence-electron chi connectivity index (χ2n) is 6.05. The van der Waals surface area contributed by atoms with Crippen LogP contribution >= 0.6 is 0 Å². The lowest BCUT2D eigenvalue weighted by molar-refractivity contribution is -0.133. The maximum atomic E-state index is 12.9. The van der Waals surface area contributed by atoms with Gasteiger partial charge < -0.3 is 9.42 Å². The molecule has 1 aromatic rings. The first-order valence-corrected chi connectivity index (χ1v) is 8.18. The van der Waals surface area contributed by atoms with E-state index in [9.17, 15) is 9.59 Å². The van der Waals surface area contributed by atoms with Crippen LogP contribution in [0.3, 0.4) is 0 Å². The van der Waals surface area contributed by atoms with Gasteiger partial charge >= 0.3 is 6.03 Å². The van der Waals surface area contributed by atoms with Crippen LogP contribution < -0.4 is 0 Å². The molecule has 3 heterocycles. The Balaban J connectivity index is 1.92. The lowest BCUT2D eigenvalue weighted by atomic mass is 9.93. The molecule has 2 aliphatic rings. The van der Waals surface area contributed by atoms with Crippen molar-refractivity contribution >= 4 is 11.9 Å². The zero-order valence-electron chi connectivity index (χ0n) is 13.5. The van der Waals surface area contributed by atoms with E-state index in [4.69, 9.17) is 4.52 Å². The predicted molar refractivity (Wildman–Crippen MR) is 80.2 cm³/mol. The van der Waals surface area contributed by atoms with E-state index in [0.29, 0.717) is 19.4 Å². The van der Waals surface area contributed by atoms with Gasteiger partial charge in [0.15, 0.2) is 0 Å². The zero-order valence-corrected chi connectivity index (χ0v) is 13.5. The van der Waals surface area contributed by atoms with Crippen LogP contribution in [0.2, 0.25) is 0 Å². The Morgan fingerprint density at radius 1 is 1.23 bits per heavy atom. The van der Waals surface area contributed by atoms with Crippen LogP contribution in [0.1, 0.15) is 57.1 Å². The van der Waals surface area contributed by atoms with Crippen molar-refractivity contribution in [3.63, 3.8) is 0 Å². The average molecular weight is 305 g/mol. The molecule has 0 aromatic carbocycles. The second-order valence-corrected chi connectivity index (χ2v) is 6.05. The topological polar surface area (TPSA) is 66.7 Å². The average Bonchev–Trinajstić information content (AvgIpc) is 3.18. The molecule has 120 valence electrons. The molecule has 0 spiro atoms. The zero-order chi connectivity index (χ0) is 15.9. The number of imide groups is 1. The third kappa shape index (κ3) is 1.89. The Hall–Kier alpha value is -1.85. The molecule has 0 aliphatic carbocycles. The highest BCUT2D eigenvalue weighted by Crippen LogP contribution is 2.40. The number of fused-ring (bicyclic) bond motifs is 1. The van der Waals surface area contributed by atoms with Gasteiger partial charge in [-0.05, 0) is 25.7 Å². The maximum Gasteiger partial charge on any atom is 0.327 e. The molecule has 3 amide bonds. The molecule has 0 unspecified atom stereocenters. The number of hydrogen-bond acceptors (Lipinski definition) is 4. The summed E-state index contributed by atoms with van der Waals surface area (Å²) in [7, 11) is 0. The Morgan fingerprint density at radius 2 is 2.00 bits per heavy atom. The van der Waals surface area contributed by atoms with Gasteiger partial charge in [-0.2, -0.15) is 0 Å². The van der Waals surface area contributed by atoms with Crippen molar-refractivity contribution in [3.8, 4) is 0 Å². The summed E-state index contributed by atoms with van der Waals surface area (Å²) in [6.45, 7) is 6.94. The highest BCUT2D eigenvalue weighted by atomic mass is 16.5. The van der Waals surface area contributed by atoms with Crippen LogP contribution in [0.5, 0.6) is 0 Å². The Labute approximate surface area is 130 Å². The molecule has 3 rings (SSSR count). The summed E-state index contributed by atoms with van der Waals surface area (Å²) in [6, 6.07) is -0.158. The molecule has 1 aromatic heterocycles. The van der Waals surface area contributed by atoms with Gasteiger partial charge in [0.05, 0.1) is 12.2 Å². The van der Waals surface area contributed by atoms with E-state index >= 15 is 0 Å². The minimum Gasteiger partial charge on any atom is -0.361 e. The van der Waals surface area contributed by atoms with E-state index < -0.39 is 5.54 Å². The smallest absolute Gasteiger partial charge is 0.327 e. The largest absolute Gasteiger partial charge is 0.361 e. The van der Waals surface area contributed by atoms with Crippen molar-refractivity contribution in [1.82, 2.24) is 15.0 Å². The highest BCUT2D eigenvalue weighted by Gasteiger charge is 2.58. The van der Waals surface area contributed by atoms with Crippen LogP contribution in [-0.2, 0) is 24.2 Å². The van der Waals surface area contributed by atoms with Crippen molar-refractivity contribution in [1.29, 1.82) is 0 Å². The normalized spacial score (nSPS) is 24.5. The monoisotopic (exact) mass is 305 g/mol. The summed E-state index contributed by atoms with van der Waals surface area (Å²) < 4.78 is 5.35. The molecule has 22 heavy (non-hydrogen) atoms. The van der Waals surface area contributed by atoms with Gasteiger partial charge in [-0.25, -0.2) is 4.79 Å². The number of nitrogens with zero attached hydrogens (tertiary/aromatic N) is 3. The third-order valence-electron chi connectivity index (χ3n) is 5.10. The molecule has 2 saturated heterocycles. The molecule has 2 aliphatic heterocycles. The van der Waals surface area contributed by atoms with E-state index in [1.807, 2.05) is 20.8 Å². The standard InChI is InChI=1S/C16H23N3O3/c1-4-12-11(13(5-2)22-17-12)10-18-14(20)16(6-3)8-7-9-19(16)15(18)21/h4-10H2,1-3H3/t16-/m0/s1. The molecule has 0 bridgehead atoms. The maximum absolute atomic E-state index is 12.9. The second kappa shape index (κ2) is 5.41. The van der Waals surface area contributed by atoms with E-state index in [1.54, 1.807) is 4.90 Å². The fraction of sp³-hybridized carbons (Fsp3) is 0.688. The molecular weight excluding hydrogens is 282 g/mol. The fourth-order valence-electron chi connectivity index (χ4n) is 3.80. The van der Waals surface area contributed by atoms with Gasteiger partial charge in [0.1, 0.15) is 11.3 Å². The summed E-state index contributed by atoms with van der Waals surface area (Å²) in [4.78, 5) is 28.7. The van der Waals surface area contributed by atoms with Gasteiger partial charge in [0.25, 0.3) is 5.91 Å². The van der Waals surface area contributed by atoms with Crippen molar-refractivity contribution in [2.75, 3.05) is 6.54 Å². The molecule has 0 saturated carbocycles. The van der Waals surface area contributed by atoms with E-state index in [0.717, 1.165) is 36.3 Å². The number of rotatable bonds is 5. The molecule has 1 atom stereocenters. The van der Waals surface area contributed by atoms with Gasteiger partial charge in [-0.15, -0.1) is 0 Å². The third-order valence-corrected chi connectivity index (χ3v) is 5.10. The summed E-state index contributed by atoms with van der Waals surface area (Å²) >= 11 is 0. The number of hydrogen-bond donors (Lipinski definition) is 0. The summed E-state index contributed by atoms with van der Waals surface area (Å²) in [5.74, 6) is 0.720. The van der Waals surface area contributed by atoms with E-state index in [-0.39, 0.29) is 18.5 Å². The number of amides is 3. The SMILES string of the molecule is CCc1noc(CC)c1CN1C(=O)N2CCC[C@@]2(CC)C1=O. The number of urea groups is 1. The number of aryl methyl sites for hydroxylation is 2. The quantitative estimate of drug-likeness (QED) is 0.784. The molecule has 2 fully saturated rings. The summed E-state index contributed by atoms with van der Waals surface area (Å²) in [5.41, 5.74) is 1.14. The fourth-order valence-corrected chi connectivity index (χ4v) is 3.80. The first kappa shape index (κ1) is 15.1. The number of carbonyl (C=O) groups excluding carboxylic acids is 2. The Kier molecular flexibility index (Phi) is 3.70. The summed E-state index contributed by atoms with van der Waals surface area (Å²) in [5, 5.41) is 4.07. The van der Waals surface area contributed by atoms with E-state index in [1.165, 1.54) is 4.90 Å². The number of aromatic nitrogens is 1. The lowest BCUT2D eigenvalue weighted by Gasteiger charge is -2.26. The Morgan fingerprint density at radius 3 is 2.59 bits per heavy atom. The van der Waals surface area contributed by atoms with Crippen LogP contribution in [0.4, 0.5) is 4.79 Å². The van der Waals surface area contributed by atoms with Crippen LogP contribution in [-0.4, -0.2) is 39.0 Å². The Bertz CT molecular complexity index is 588. The van der Waals surface area contributed by atoms with Gasteiger partial charge in [0, 0.05) is 18.5 Å². The minimum atomic E-state index is -0.604. The van der Waals surface area contributed by atoms with Crippen molar-refractivity contribution in [2.24, 2.45) is 0 Å². The van der Waals surface area contributed by atoms with Gasteiger partial charge in [-0.3, -0.25) is 9.69 Å². The molecule has 6 nitrogen and oxygen atoms in total. The summed E-state index contributed by atoms with van der Waals surface area (Å²) in [6.07, 6.45) is 3.81. The van der Waals surface area contributed by atoms with Crippen LogP contribution in [0.25, 0.3) is 0 Å².